The van der Waals surface area contributed by atoms with Gasteiger partial charge in [-0.2, -0.15) is 0 Å². The van der Waals surface area contributed by atoms with E-state index in [0.717, 1.165) is 18.4 Å². The predicted octanol–water partition coefficient (Wildman–Crippen LogP) is 2.98. The molecule has 0 amide bonds. The van der Waals surface area contributed by atoms with Crippen molar-refractivity contribution in [3.63, 3.8) is 0 Å². The van der Waals surface area contributed by atoms with Gasteiger partial charge in [0.1, 0.15) is 11.4 Å². The molecular formula is C21H28FN3O3. The molecule has 28 heavy (non-hydrogen) atoms. The van der Waals surface area contributed by atoms with E-state index in [1.54, 1.807) is 4.57 Å². The molecule has 1 aliphatic heterocycles. The number of piperidine rings is 1. The van der Waals surface area contributed by atoms with Gasteiger partial charge in [-0.15, -0.1) is 0 Å². The summed E-state index contributed by atoms with van der Waals surface area (Å²) >= 11 is 0. The van der Waals surface area contributed by atoms with Gasteiger partial charge in [0, 0.05) is 42.8 Å². The number of nitrogens with two attached hydrogens (primary N) is 1. The minimum atomic E-state index is -1.30. The number of hydrogen-bond acceptors (Lipinski definition) is 4. The van der Waals surface area contributed by atoms with E-state index in [0.29, 0.717) is 37.3 Å². The normalized spacial score (nSPS) is 20.0. The van der Waals surface area contributed by atoms with E-state index in [2.05, 4.69) is 6.92 Å². The van der Waals surface area contributed by atoms with Crippen molar-refractivity contribution in [3.05, 3.63) is 39.4 Å². The molecule has 1 aromatic heterocycles. The van der Waals surface area contributed by atoms with Crippen LogP contribution in [0.25, 0.3) is 10.9 Å². The number of carbonyl (C=O) groups is 1. The lowest BCUT2D eigenvalue weighted by atomic mass is 9.89. The summed E-state index contributed by atoms with van der Waals surface area (Å²) in [7, 11) is 0. The summed E-state index contributed by atoms with van der Waals surface area (Å²) in [5.41, 5.74) is 7.13. The van der Waals surface area contributed by atoms with E-state index in [1.807, 2.05) is 18.7 Å². The molecule has 3 rings (SSSR count). The van der Waals surface area contributed by atoms with Crippen LogP contribution in [0.15, 0.2) is 17.1 Å². The third-order valence-corrected chi connectivity index (χ3v) is 5.94. The van der Waals surface area contributed by atoms with Crippen LogP contribution in [0, 0.1) is 11.7 Å². The van der Waals surface area contributed by atoms with E-state index in [1.165, 1.54) is 12.3 Å². The van der Waals surface area contributed by atoms with Gasteiger partial charge < -0.3 is 20.3 Å². The van der Waals surface area contributed by atoms with Gasteiger partial charge in [-0.25, -0.2) is 9.18 Å². The van der Waals surface area contributed by atoms with Gasteiger partial charge in [0.25, 0.3) is 0 Å². The fourth-order valence-electron chi connectivity index (χ4n) is 4.37. The van der Waals surface area contributed by atoms with Gasteiger partial charge in [0.15, 0.2) is 0 Å². The lowest BCUT2D eigenvalue weighted by Gasteiger charge is -2.39. The molecule has 1 aliphatic rings. The predicted molar refractivity (Wildman–Crippen MR) is 109 cm³/mol. The molecule has 2 unspecified atom stereocenters. The summed E-state index contributed by atoms with van der Waals surface area (Å²) in [6.45, 7) is 7.73. The number of aryl methyl sites for hydroxylation is 2. The Balaban J connectivity index is 2.28. The number of anilines is 1. The van der Waals surface area contributed by atoms with Crippen molar-refractivity contribution in [2.24, 2.45) is 11.7 Å². The Kier molecular flexibility index (Phi) is 5.74. The highest BCUT2D eigenvalue weighted by Gasteiger charge is 2.30. The summed E-state index contributed by atoms with van der Waals surface area (Å²) in [5.74, 6) is -1.49. The van der Waals surface area contributed by atoms with Crippen molar-refractivity contribution >= 4 is 22.6 Å². The number of aromatic carboxylic acids is 1. The number of fused-ring (bicyclic) bond motifs is 1. The van der Waals surface area contributed by atoms with Crippen LogP contribution in [0.4, 0.5) is 10.1 Å². The topological polar surface area (TPSA) is 88.6 Å². The summed E-state index contributed by atoms with van der Waals surface area (Å²) < 4.78 is 17.0. The lowest BCUT2D eigenvalue weighted by molar-refractivity contribution is 0.0695. The van der Waals surface area contributed by atoms with Crippen LogP contribution >= 0.6 is 0 Å². The number of nitrogens with zero attached hydrogens (tertiary/aromatic N) is 2. The van der Waals surface area contributed by atoms with Crippen molar-refractivity contribution in [1.29, 1.82) is 0 Å². The second-order valence-corrected chi connectivity index (χ2v) is 7.47. The summed E-state index contributed by atoms with van der Waals surface area (Å²) in [6.07, 6.45) is 3.62. The molecule has 0 aliphatic carbocycles. The number of benzene rings is 1. The van der Waals surface area contributed by atoms with Gasteiger partial charge >= 0.3 is 5.97 Å². The first-order valence-corrected chi connectivity index (χ1v) is 9.96. The number of carboxylic acid groups (broad SMARTS) is 1. The molecule has 2 heterocycles. The molecule has 2 aromatic rings. The first-order valence-electron chi connectivity index (χ1n) is 9.96. The van der Waals surface area contributed by atoms with E-state index < -0.39 is 17.2 Å². The van der Waals surface area contributed by atoms with Crippen LogP contribution in [0.3, 0.4) is 0 Å². The summed E-state index contributed by atoms with van der Waals surface area (Å²) in [4.78, 5) is 26.2. The monoisotopic (exact) mass is 389 g/mol. The maximum atomic E-state index is 15.3. The number of carboxylic acids is 1. The Morgan fingerprint density at radius 2 is 2.07 bits per heavy atom. The van der Waals surface area contributed by atoms with Crippen LogP contribution in [-0.2, 0) is 13.0 Å². The number of halogens is 1. The average Bonchev–Trinajstić information content (AvgIpc) is 2.68. The quantitative estimate of drug-likeness (QED) is 0.821. The van der Waals surface area contributed by atoms with Crippen LogP contribution < -0.4 is 16.1 Å². The number of rotatable bonds is 5. The maximum Gasteiger partial charge on any atom is 0.341 e. The van der Waals surface area contributed by atoms with Gasteiger partial charge in [-0.1, -0.05) is 20.3 Å². The SMILES string of the molecule is CCc1c(N2CCC(N)C(CC)C2)c(F)cc2c(=O)c(C(=O)O)cn(CC)c12. The smallest absolute Gasteiger partial charge is 0.341 e. The molecule has 0 spiro atoms. The molecule has 7 heteroatoms. The minimum Gasteiger partial charge on any atom is -0.477 e. The molecule has 0 bridgehead atoms. The molecule has 1 saturated heterocycles. The van der Waals surface area contributed by atoms with Crippen molar-refractivity contribution in [2.45, 2.75) is 52.6 Å². The van der Waals surface area contributed by atoms with E-state index >= 15 is 4.39 Å². The van der Waals surface area contributed by atoms with Gasteiger partial charge in [-0.05, 0) is 31.7 Å². The lowest BCUT2D eigenvalue weighted by Crippen LogP contribution is -2.47. The van der Waals surface area contributed by atoms with Crippen LogP contribution in [0.5, 0.6) is 0 Å². The van der Waals surface area contributed by atoms with Crippen molar-refractivity contribution in [1.82, 2.24) is 4.57 Å². The second kappa shape index (κ2) is 7.91. The van der Waals surface area contributed by atoms with Gasteiger partial charge in [0.2, 0.25) is 5.43 Å². The molecule has 1 fully saturated rings. The molecule has 2 atom stereocenters. The maximum absolute atomic E-state index is 15.3. The number of hydrogen-bond donors (Lipinski definition) is 2. The third-order valence-electron chi connectivity index (χ3n) is 5.94. The summed E-state index contributed by atoms with van der Waals surface area (Å²) in [6, 6.07) is 1.32. The Hall–Kier alpha value is -2.41. The first-order chi connectivity index (χ1) is 13.3. The van der Waals surface area contributed by atoms with Crippen molar-refractivity contribution < 1.29 is 14.3 Å². The highest BCUT2D eigenvalue weighted by atomic mass is 19.1. The largest absolute Gasteiger partial charge is 0.477 e. The molecule has 6 nitrogen and oxygen atoms in total. The van der Waals surface area contributed by atoms with E-state index in [9.17, 15) is 14.7 Å². The zero-order valence-electron chi connectivity index (χ0n) is 16.7. The molecule has 3 N–H and O–H groups in total. The fourth-order valence-corrected chi connectivity index (χ4v) is 4.37. The van der Waals surface area contributed by atoms with E-state index in [4.69, 9.17) is 5.73 Å². The molecule has 1 aromatic carbocycles. The molecular weight excluding hydrogens is 361 g/mol. The zero-order valence-corrected chi connectivity index (χ0v) is 16.7. The standard InChI is InChI=1S/C21H28FN3O3/c1-4-12-10-25(8-7-17(12)23)19-13(5-2)18-14(9-16(19)22)20(26)15(21(27)28)11-24(18)6-3/h9,11-12,17H,4-8,10,23H2,1-3H3,(H,27,28). The second-order valence-electron chi connectivity index (χ2n) is 7.47. The van der Waals surface area contributed by atoms with Crippen molar-refractivity contribution in [2.75, 3.05) is 18.0 Å². The van der Waals surface area contributed by atoms with Crippen LogP contribution in [0.1, 0.15) is 49.5 Å². The summed E-state index contributed by atoms with van der Waals surface area (Å²) in [5, 5.41) is 9.48. The van der Waals surface area contributed by atoms with Crippen LogP contribution in [0.2, 0.25) is 0 Å². The molecule has 0 saturated carbocycles. The fraction of sp³-hybridized carbons (Fsp3) is 0.524. The Morgan fingerprint density at radius 3 is 2.64 bits per heavy atom. The van der Waals surface area contributed by atoms with Gasteiger partial charge in [-0.3, -0.25) is 4.79 Å². The highest BCUT2D eigenvalue weighted by Crippen LogP contribution is 2.34. The zero-order chi connectivity index (χ0) is 20.6. The Labute approximate surface area is 163 Å². The Morgan fingerprint density at radius 1 is 1.36 bits per heavy atom. The minimum absolute atomic E-state index is 0.113. The molecule has 0 radical (unpaired) electrons. The molecule has 152 valence electrons. The van der Waals surface area contributed by atoms with Gasteiger partial charge in [0.05, 0.1) is 11.2 Å². The third kappa shape index (κ3) is 3.28. The highest BCUT2D eigenvalue weighted by molar-refractivity contribution is 5.95. The number of aromatic nitrogens is 1. The Bertz CT molecular complexity index is 970. The van der Waals surface area contributed by atoms with Crippen molar-refractivity contribution in [3.8, 4) is 0 Å². The number of pyridine rings is 1. The van der Waals surface area contributed by atoms with E-state index in [-0.39, 0.29) is 22.9 Å². The average molecular weight is 389 g/mol. The first kappa shape index (κ1) is 20.3. The van der Waals surface area contributed by atoms with Crippen LogP contribution in [-0.4, -0.2) is 34.8 Å².